The second-order valence-electron chi connectivity index (χ2n) is 15.5. The minimum absolute atomic E-state index is 0.00128. The highest BCUT2D eigenvalue weighted by Crippen LogP contribution is 2.77. The molecule has 0 heterocycles. The van der Waals surface area contributed by atoms with Crippen LogP contribution in [0.3, 0.4) is 0 Å². The zero-order valence-corrected chi connectivity index (χ0v) is 25.0. The van der Waals surface area contributed by atoms with Crippen LogP contribution in [-0.2, 0) is 14.3 Å². The van der Waals surface area contributed by atoms with E-state index in [2.05, 4.69) is 48.5 Å². The number of hydrogen-bond donors (Lipinski definition) is 0. The van der Waals surface area contributed by atoms with Gasteiger partial charge < -0.3 is 4.74 Å². The maximum Gasteiger partial charge on any atom is 0.302 e. The number of halogens is 1. The molecule has 36 heavy (non-hydrogen) atoms. The Balaban J connectivity index is 1.52. The molecule has 0 aromatic heterocycles. The van der Waals surface area contributed by atoms with Gasteiger partial charge in [-0.25, -0.2) is 0 Å². The molecule has 5 saturated carbocycles. The van der Waals surface area contributed by atoms with Crippen LogP contribution in [0.4, 0.5) is 0 Å². The Morgan fingerprint density at radius 1 is 0.806 bits per heavy atom. The molecule has 5 aliphatic carbocycles. The van der Waals surface area contributed by atoms with E-state index in [9.17, 15) is 9.59 Å². The van der Waals surface area contributed by atoms with Crippen LogP contribution in [-0.4, -0.2) is 17.3 Å². The molecule has 0 unspecified atom stereocenters. The van der Waals surface area contributed by atoms with Gasteiger partial charge in [-0.2, -0.15) is 0 Å². The molecular formula is C32H51ClO3. The van der Waals surface area contributed by atoms with Crippen LogP contribution in [0, 0.1) is 62.6 Å². The second kappa shape index (κ2) is 8.46. The van der Waals surface area contributed by atoms with Crippen LogP contribution in [0.25, 0.3) is 0 Å². The number of hydrogen-bond acceptors (Lipinski definition) is 3. The Morgan fingerprint density at radius 3 is 2.11 bits per heavy atom. The molecule has 0 N–H and O–H groups in total. The van der Waals surface area contributed by atoms with Crippen molar-refractivity contribution in [3.63, 3.8) is 0 Å². The third kappa shape index (κ3) is 3.35. The topological polar surface area (TPSA) is 43.4 Å². The molecule has 0 amide bonds. The highest BCUT2D eigenvalue weighted by molar-refractivity contribution is 6.64. The molecule has 0 spiro atoms. The summed E-state index contributed by atoms with van der Waals surface area (Å²) >= 11 is 6.49. The summed E-state index contributed by atoms with van der Waals surface area (Å²) in [6.07, 6.45) is 11.4. The third-order valence-electron chi connectivity index (χ3n) is 14.0. The van der Waals surface area contributed by atoms with Gasteiger partial charge >= 0.3 is 5.97 Å². The van der Waals surface area contributed by atoms with Crippen molar-refractivity contribution < 1.29 is 14.3 Å². The molecule has 0 aliphatic heterocycles. The highest BCUT2D eigenvalue weighted by atomic mass is 35.5. The van der Waals surface area contributed by atoms with E-state index < -0.39 is 0 Å². The molecular weight excluding hydrogens is 468 g/mol. The monoisotopic (exact) mass is 518 g/mol. The van der Waals surface area contributed by atoms with Crippen LogP contribution in [0.15, 0.2) is 0 Å². The number of esters is 1. The fourth-order valence-electron chi connectivity index (χ4n) is 12.1. The Kier molecular flexibility index (Phi) is 6.35. The average Bonchev–Trinajstić information content (AvgIpc) is 3.17. The first-order valence-electron chi connectivity index (χ1n) is 15.0. The lowest BCUT2D eigenvalue weighted by atomic mass is 9.32. The summed E-state index contributed by atoms with van der Waals surface area (Å²) in [4.78, 5) is 25.0. The summed E-state index contributed by atoms with van der Waals surface area (Å²) in [5, 5.41) is -0.0359. The summed E-state index contributed by atoms with van der Waals surface area (Å²) in [6, 6.07) is 0. The molecule has 0 radical (unpaired) electrons. The number of carbonyl (C=O) groups is 2. The minimum Gasteiger partial charge on any atom is -0.462 e. The highest BCUT2D eigenvalue weighted by Gasteiger charge is 2.72. The smallest absolute Gasteiger partial charge is 0.302 e. The largest absolute Gasteiger partial charge is 0.462 e. The van der Waals surface area contributed by atoms with Crippen LogP contribution < -0.4 is 0 Å². The van der Waals surface area contributed by atoms with Gasteiger partial charge in [-0.1, -0.05) is 48.5 Å². The van der Waals surface area contributed by atoms with Crippen molar-refractivity contribution in [2.75, 3.05) is 0 Å². The SMILES string of the molecule is CC(=O)O[C@H]1CC[C@]2(C)[C@H]3CC[C@@H]4[C@H]5[C@H](C(C)C)CC[C@]5(C(=O)Cl)CC[C@@]4(C)[C@]3(C)CC[C@H]2C1(C)C. The Labute approximate surface area is 225 Å². The molecule has 5 rings (SSSR count). The fraction of sp³-hybridized carbons (Fsp3) is 0.938. The first-order chi connectivity index (χ1) is 16.6. The predicted octanol–water partition coefficient (Wildman–Crippen LogP) is 8.42. The maximum absolute atomic E-state index is 13.1. The Morgan fingerprint density at radius 2 is 1.50 bits per heavy atom. The molecule has 5 fully saturated rings. The van der Waals surface area contributed by atoms with Crippen LogP contribution in [0.2, 0.25) is 0 Å². The van der Waals surface area contributed by atoms with Gasteiger partial charge in [0.2, 0.25) is 5.24 Å². The van der Waals surface area contributed by atoms with Gasteiger partial charge in [-0.15, -0.1) is 0 Å². The molecule has 4 heteroatoms. The van der Waals surface area contributed by atoms with E-state index in [0.29, 0.717) is 35.5 Å². The number of rotatable bonds is 3. The normalized spacial score (nSPS) is 51.5. The van der Waals surface area contributed by atoms with Gasteiger partial charge in [0.25, 0.3) is 0 Å². The summed E-state index contributed by atoms with van der Waals surface area (Å²) < 4.78 is 5.90. The molecule has 3 nitrogen and oxygen atoms in total. The molecule has 204 valence electrons. The number of carbonyl (C=O) groups excluding carboxylic acids is 2. The van der Waals surface area contributed by atoms with E-state index in [1.165, 1.54) is 32.1 Å². The van der Waals surface area contributed by atoms with E-state index in [1.807, 2.05) is 0 Å². The Bertz CT molecular complexity index is 926. The molecule has 10 atom stereocenters. The van der Waals surface area contributed by atoms with Gasteiger partial charge in [0, 0.05) is 17.8 Å². The molecule has 0 saturated heterocycles. The van der Waals surface area contributed by atoms with Gasteiger partial charge in [0.1, 0.15) is 6.10 Å². The molecule has 0 aromatic rings. The van der Waals surface area contributed by atoms with Gasteiger partial charge in [0.15, 0.2) is 0 Å². The maximum atomic E-state index is 13.1. The fourth-order valence-corrected chi connectivity index (χ4v) is 12.4. The van der Waals surface area contributed by atoms with Crippen LogP contribution in [0.5, 0.6) is 0 Å². The Hall–Kier alpha value is -0.570. The van der Waals surface area contributed by atoms with Crippen LogP contribution >= 0.6 is 11.6 Å². The zero-order valence-electron chi connectivity index (χ0n) is 24.2. The summed E-state index contributed by atoms with van der Waals surface area (Å²) in [5.41, 5.74) is 0.509. The number of fused-ring (bicyclic) bond motifs is 7. The summed E-state index contributed by atoms with van der Waals surface area (Å²) in [5.74, 6) is 3.37. The molecule has 0 bridgehead atoms. The standard InChI is InChI=1S/C32H51ClO3/c1-19(2)21-11-16-32(27(33)35)18-17-30(7)22(26(21)32)9-10-24-29(6)14-13-25(36-20(3)34)28(4,5)23(29)12-15-31(24,30)8/h19,21-26H,9-18H2,1-8H3/t21-,22+,23-,24+,25-,26+,29-,30+,31+,32-/m0/s1. The first-order valence-corrected chi connectivity index (χ1v) is 15.4. The lowest BCUT2D eigenvalue weighted by molar-refractivity contribution is -0.249. The van der Waals surface area contributed by atoms with Gasteiger partial charge in [-0.05, 0) is 128 Å². The quantitative estimate of drug-likeness (QED) is 0.278. The van der Waals surface area contributed by atoms with E-state index in [0.717, 1.165) is 32.1 Å². The molecule has 0 aromatic carbocycles. The van der Waals surface area contributed by atoms with Crippen LogP contribution in [0.1, 0.15) is 120 Å². The van der Waals surface area contributed by atoms with E-state index in [1.54, 1.807) is 6.92 Å². The molecule has 5 aliphatic rings. The minimum atomic E-state index is -0.283. The third-order valence-corrected chi connectivity index (χ3v) is 14.4. The van der Waals surface area contributed by atoms with Crippen molar-refractivity contribution >= 4 is 22.8 Å². The zero-order chi connectivity index (χ0) is 26.5. The van der Waals surface area contributed by atoms with Gasteiger partial charge in [0.05, 0.1) is 0 Å². The lowest BCUT2D eigenvalue weighted by Gasteiger charge is -2.72. The van der Waals surface area contributed by atoms with Crippen molar-refractivity contribution in [2.24, 2.45) is 62.6 Å². The number of ether oxygens (including phenoxy) is 1. The van der Waals surface area contributed by atoms with E-state index in [4.69, 9.17) is 16.3 Å². The van der Waals surface area contributed by atoms with Gasteiger partial charge in [-0.3, -0.25) is 9.59 Å². The van der Waals surface area contributed by atoms with E-state index >= 15 is 0 Å². The van der Waals surface area contributed by atoms with E-state index in [-0.39, 0.29) is 44.4 Å². The van der Waals surface area contributed by atoms with Crippen molar-refractivity contribution in [1.29, 1.82) is 0 Å². The van der Waals surface area contributed by atoms with Crippen molar-refractivity contribution in [2.45, 2.75) is 126 Å². The van der Waals surface area contributed by atoms with Crippen molar-refractivity contribution in [3.05, 3.63) is 0 Å². The van der Waals surface area contributed by atoms with Crippen molar-refractivity contribution in [1.82, 2.24) is 0 Å². The second-order valence-corrected chi connectivity index (χ2v) is 15.9. The summed E-state index contributed by atoms with van der Waals surface area (Å²) in [6.45, 7) is 18.9. The van der Waals surface area contributed by atoms with Crippen molar-refractivity contribution in [3.8, 4) is 0 Å². The lowest BCUT2D eigenvalue weighted by Crippen LogP contribution is -2.67. The summed E-state index contributed by atoms with van der Waals surface area (Å²) in [7, 11) is 0. The predicted molar refractivity (Wildman–Crippen MR) is 145 cm³/mol. The first kappa shape index (κ1) is 27.0. The average molecular weight is 519 g/mol.